The van der Waals surface area contributed by atoms with Crippen LogP contribution in [0.2, 0.25) is 0 Å². The van der Waals surface area contributed by atoms with Gasteiger partial charge in [-0.2, -0.15) is 0 Å². The molecule has 2 aromatic rings. The van der Waals surface area contributed by atoms with E-state index < -0.39 is 43.3 Å². The highest BCUT2D eigenvalue weighted by molar-refractivity contribution is 5.76. The summed E-state index contributed by atoms with van der Waals surface area (Å²) in [6.07, 6.45) is -6.91. The van der Waals surface area contributed by atoms with Gasteiger partial charge in [0.25, 0.3) is 0 Å². The molecule has 6 N–H and O–H groups in total. The number of rotatable bonds is 7. The first-order valence-corrected chi connectivity index (χ1v) is 9.03. The quantitative estimate of drug-likeness (QED) is 0.375. The molecule has 0 spiro atoms. The lowest BCUT2D eigenvalue weighted by molar-refractivity contribution is -0.277. The van der Waals surface area contributed by atoms with Crippen molar-refractivity contribution in [3.05, 3.63) is 48.5 Å². The molecule has 0 radical (unpaired) electrons. The van der Waals surface area contributed by atoms with Gasteiger partial charge in [-0.05, 0) is 23.8 Å². The van der Waals surface area contributed by atoms with E-state index in [-0.39, 0.29) is 6.54 Å². The third kappa shape index (κ3) is 4.84. The molecule has 1 fully saturated rings. The SMILES string of the molecule is O=C(O)CNc1cccc(-c2ccccc2O[C@H]2O[C@H](CO)[C@@H](O)[C@H](O)[C@@H]2O)c1. The number of hydrogen-bond acceptors (Lipinski definition) is 8. The molecule has 0 saturated carbocycles. The molecule has 0 bridgehead atoms. The predicted molar refractivity (Wildman–Crippen MR) is 102 cm³/mol. The summed E-state index contributed by atoms with van der Waals surface area (Å²) in [5, 5.41) is 51.0. The van der Waals surface area contributed by atoms with Crippen molar-refractivity contribution in [1.29, 1.82) is 0 Å². The molecular formula is C20H23NO8. The van der Waals surface area contributed by atoms with Gasteiger partial charge >= 0.3 is 5.97 Å². The maximum atomic E-state index is 10.8. The normalized spacial score (nSPS) is 26.7. The number of benzene rings is 2. The molecule has 0 unspecified atom stereocenters. The first-order valence-electron chi connectivity index (χ1n) is 9.03. The van der Waals surface area contributed by atoms with Crippen LogP contribution in [0, 0.1) is 0 Å². The van der Waals surface area contributed by atoms with Gasteiger partial charge in [-0.1, -0.05) is 30.3 Å². The molecule has 156 valence electrons. The van der Waals surface area contributed by atoms with E-state index in [9.17, 15) is 25.2 Å². The van der Waals surface area contributed by atoms with E-state index >= 15 is 0 Å². The molecule has 5 atom stereocenters. The smallest absolute Gasteiger partial charge is 0.322 e. The average molecular weight is 405 g/mol. The summed E-state index contributed by atoms with van der Waals surface area (Å²) in [6, 6.07) is 14.0. The van der Waals surface area contributed by atoms with Crippen molar-refractivity contribution in [2.75, 3.05) is 18.5 Å². The van der Waals surface area contributed by atoms with Crippen molar-refractivity contribution in [3.63, 3.8) is 0 Å². The summed E-state index contributed by atoms with van der Waals surface area (Å²) in [5.41, 5.74) is 1.97. The molecule has 1 aliphatic heterocycles. The van der Waals surface area contributed by atoms with Crippen LogP contribution < -0.4 is 10.1 Å². The van der Waals surface area contributed by atoms with Gasteiger partial charge in [-0.3, -0.25) is 4.79 Å². The molecule has 29 heavy (non-hydrogen) atoms. The van der Waals surface area contributed by atoms with Gasteiger partial charge in [-0.15, -0.1) is 0 Å². The Bertz CT molecular complexity index is 843. The van der Waals surface area contributed by atoms with Crippen molar-refractivity contribution in [1.82, 2.24) is 0 Å². The van der Waals surface area contributed by atoms with Crippen LogP contribution in [-0.2, 0) is 9.53 Å². The Morgan fingerprint density at radius 1 is 1.03 bits per heavy atom. The van der Waals surface area contributed by atoms with Crippen molar-refractivity contribution in [3.8, 4) is 16.9 Å². The molecule has 0 amide bonds. The Hall–Kier alpha value is -2.69. The van der Waals surface area contributed by atoms with Gasteiger partial charge in [0, 0.05) is 11.3 Å². The highest BCUT2D eigenvalue weighted by Gasteiger charge is 2.44. The summed E-state index contributed by atoms with van der Waals surface area (Å²) >= 11 is 0. The van der Waals surface area contributed by atoms with Crippen LogP contribution in [0.5, 0.6) is 5.75 Å². The van der Waals surface area contributed by atoms with E-state index in [0.29, 0.717) is 17.0 Å². The first-order chi connectivity index (χ1) is 13.9. The topological polar surface area (TPSA) is 149 Å². The fourth-order valence-corrected chi connectivity index (χ4v) is 3.07. The van der Waals surface area contributed by atoms with Crippen LogP contribution in [0.25, 0.3) is 11.1 Å². The lowest BCUT2D eigenvalue weighted by Gasteiger charge is -2.39. The second kappa shape index (κ2) is 9.21. The molecule has 2 aromatic carbocycles. The van der Waals surface area contributed by atoms with Crippen molar-refractivity contribution in [2.24, 2.45) is 0 Å². The van der Waals surface area contributed by atoms with Gasteiger partial charge in [0.05, 0.1) is 6.61 Å². The zero-order chi connectivity index (χ0) is 21.0. The molecule has 0 aromatic heterocycles. The van der Waals surface area contributed by atoms with Crippen LogP contribution in [-0.4, -0.2) is 75.4 Å². The second-order valence-corrected chi connectivity index (χ2v) is 6.64. The Kier molecular flexibility index (Phi) is 6.68. The summed E-state index contributed by atoms with van der Waals surface area (Å²) in [5.74, 6) is -0.644. The van der Waals surface area contributed by atoms with Gasteiger partial charge in [-0.25, -0.2) is 0 Å². The van der Waals surface area contributed by atoms with Crippen LogP contribution in [0.1, 0.15) is 0 Å². The Labute approximate surface area is 166 Å². The Morgan fingerprint density at radius 3 is 2.52 bits per heavy atom. The minimum Gasteiger partial charge on any atom is -0.480 e. The lowest BCUT2D eigenvalue weighted by atomic mass is 9.99. The fourth-order valence-electron chi connectivity index (χ4n) is 3.07. The van der Waals surface area contributed by atoms with Crippen LogP contribution in [0.3, 0.4) is 0 Å². The number of carboxylic acids is 1. The summed E-state index contributed by atoms with van der Waals surface area (Å²) in [7, 11) is 0. The molecule has 1 aliphatic rings. The summed E-state index contributed by atoms with van der Waals surface area (Å²) < 4.78 is 11.2. The zero-order valence-corrected chi connectivity index (χ0v) is 15.4. The number of aliphatic hydroxyl groups is 4. The van der Waals surface area contributed by atoms with Gasteiger partial charge in [0.1, 0.15) is 36.7 Å². The van der Waals surface area contributed by atoms with Gasteiger partial charge in [0.15, 0.2) is 0 Å². The monoisotopic (exact) mass is 405 g/mol. The third-order valence-electron chi connectivity index (χ3n) is 4.60. The number of ether oxygens (including phenoxy) is 2. The third-order valence-corrected chi connectivity index (χ3v) is 4.60. The Morgan fingerprint density at radius 2 is 1.79 bits per heavy atom. The summed E-state index contributed by atoms with van der Waals surface area (Å²) in [4.78, 5) is 10.8. The van der Waals surface area contributed by atoms with Crippen molar-refractivity contribution in [2.45, 2.75) is 30.7 Å². The molecule has 1 saturated heterocycles. The van der Waals surface area contributed by atoms with Gasteiger partial charge in [0.2, 0.25) is 6.29 Å². The Balaban J connectivity index is 1.84. The fraction of sp³-hybridized carbons (Fsp3) is 0.350. The molecule has 3 rings (SSSR count). The predicted octanol–water partition coefficient (Wildman–Crippen LogP) is 0.0288. The summed E-state index contributed by atoms with van der Waals surface area (Å²) in [6.45, 7) is -0.782. The van der Waals surface area contributed by atoms with Crippen molar-refractivity contribution >= 4 is 11.7 Å². The minimum absolute atomic E-state index is 0.230. The molecule has 1 heterocycles. The van der Waals surface area contributed by atoms with Gasteiger partial charge < -0.3 is 40.3 Å². The van der Waals surface area contributed by atoms with Crippen LogP contribution in [0.15, 0.2) is 48.5 Å². The van der Waals surface area contributed by atoms with E-state index in [1.54, 1.807) is 48.5 Å². The van der Waals surface area contributed by atoms with E-state index in [0.717, 1.165) is 5.56 Å². The molecular weight excluding hydrogens is 382 g/mol. The maximum absolute atomic E-state index is 10.8. The largest absolute Gasteiger partial charge is 0.480 e. The number of hydrogen-bond donors (Lipinski definition) is 6. The highest BCUT2D eigenvalue weighted by atomic mass is 16.7. The second-order valence-electron chi connectivity index (χ2n) is 6.64. The maximum Gasteiger partial charge on any atom is 0.322 e. The molecule has 0 aliphatic carbocycles. The number of nitrogens with one attached hydrogen (secondary N) is 1. The molecule has 9 heteroatoms. The number of carboxylic acid groups (broad SMARTS) is 1. The number of carbonyl (C=O) groups is 1. The minimum atomic E-state index is -1.54. The standard InChI is InChI=1S/C20H23NO8/c22-10-15-17(25)18(26)19(27)20(29-15)28-14-7-2-1-6-13(14)11-4-3-5-12(8-11)21-9-16(23)24/h1-8,15,17-22,25-27H,9-10H2,(H,23,24)/t15-,17-,18+,19+,20+/m1/s1. The van der Waals surface area contributed by atoms with Crippen molar-refractivity contribution < 1.29 is 39.8 Å². The number of anilines is 1. The average Bonchev–Trinajstić information content (AvgIpc) is 2.73. The molecule has 9 nitrogen and oxygen atoms in total. The van der Waals surface area contributed by atoms with E-state index in [2.05, 4.69) is 5.32 Å². The van der Waals surface area contributed by atoms with E-state index in [4.69, 9.17) is 14.6 Å². The zero-order valence-electron chi connectivity index (χ0n) is 15.4. The number of para-hydroxylation sites is 1. The van der Waals surface area contributed by atoms with E-state index in [1.807, 2.05) is 0 Å². The highest BCUT2D eigenvalue weighted by Crippen LogP contribution is 2.33. The number of aliphatic hydroxyl groups excluding tert-OH is 4. The van der Waals surface area contributed by atoms with Crippen LogP contribution in [0.4, 0.5) is 5.69 Å². The lowest BCUT2D eigenvalue weighted by Crippen LogP contribution is -2.60. The first kappa shape index (κ1) is 21.0. The van der Waals surface area contributed by atoms with Crippen LogP contribution >= 0.6 is 0 Å². The van der Waals surface area contributed by atoms with E-state index in [1.165, 1.54) is 0 Å². The number of aliphatic carboxylic acids is 1.